The summed E-state index contributed by atoms with van der Waals surface area (Å²) in [7, 11) is 0. The number of nitrogens with zero attached hydrogens (tertiary/aromatic N) is 3. The second-order valence-corrected chi connectivity index (χ2v) is 2.84. The molecule has 13 heavy (non-hydrogen) atoms. The fourth-order valence-corrected chi connectivity index (χ4v) is 1.14. The maximum Gasteiger partial charge on any atom is 0.200 e. The first-order chi connectivity index (χ1) is 6.25. The fraction of sp³-hybridized carbons (Fsp3) is 0.250. The highest BCUT2D eigenvalue weighted by molar-refractivity contribution is 5.18. The van der Waals surface area contributed by atoms with Gasteiger partial charge in [-0.25, -0.2) is 4.98 Å². The minimum atomic E-state index is 0.487. The van der Waals surface area contributed by atoms with Crippen LogP contribution in [0.4, 0.5) is 5.95 Å². The second kappa shape index (κ2) is 2.93. The van der Waals surface area contributed by atoms with E-state index in [2.05, 4.69) is 10.1 Å². The average Bonchev–Trinajstić information content (AvgIpc) is 2.64. The normalized spacial score (nSPS) is 10.5. The van der Waals surface area contributed by atoms with Crippen molar-refractivity contribution in [3.63, 3.8) is 0 Å². The lowest BCUT2D eigenvalue weighted by Crippen LogP contribution is -2.03. The molecule has 2 rings (SSSR count). The maximum absolute atomic E-state index is 5.59. The number of imidazole rings is 1. The van der Waals surface area contributed by atoms with Crippen LogP contribution in [0.5, 0.6) is 0 Å². The summed E-state index contributed by atoms with van der Waals surface area (Å²) in [5.41, 5.74) is 6.44. The largest absolute Gasteiger partial charge is 0.369 e. The molecule has 0 amide bonds. The van der Waals surface area contributed by atoms with Crippen molar-refractivity contribution < 1.29 is 4.52 Å². The summed E-state index contributed by atoms with van der Waals surface area (Å²) in [5.74, 6) is 1.29. The van der Waals surface area contributed by atoms with E-state index in [4.69, 9.17) is 10.3 Å². The van der Waals surface area contributed by atoms with Gasteiger partial charge in [-0.2, -0.15) is 0 Å². The number of anilines is 1. The zero-order chi connectivity index (χ0) is 9.26. The molecular weight excluding hydrogens is 168 g/mol. The summed E-state index contributed by atoms with van der Waals surface area (Å²) < 4.78 is 6.73. The van der Waals surface area contributed by atoms with Crippen molar-refractivity contribution in [3.8, 4) is 0 Å². The zero-order valence-corrected chi connectivity index (χ0v) is 7.27. The number of nitrogens with two attached hydrogens (primary N) is 1. The Hall–Kier alpha value is -1.78. The Bertz CT molecular complexity index is 404. The number of aromatic nitrogens is 3. The van der Waals surface area contributed by atoms with Crippen LogP contribution >= 0.6 is 0 Å². The van der Waals surface area contributed by atoms with Crippen molar-refractivity contribution in [3.05, 3.63) is 29.9 Å². The third kappa shape index (κ3) is 1.53. The molecule has 0 spiro atoms. The molecule has 0 fully saturated rings. The van der Waals surface area contributed by atoms with E-state index < -0.39 is 0 Å². The fourth-order valence-electron chi connectivity index (χ4n) is 1.14. The van der Waals surface area contributed by atoms with Crippen LogP contribution in [0.1, 0.15) is 11.5 Å². The van der Waals surface area contributed by atoms with Gasteiger partial charge in [-0.15, -0.1) is 0 Å². The highest BCUT2D eigenvalue weighted by atomic mass is 16.5. The Labute approximate surface area is 75.2 Å². The smallest absolute Gasteiger partial charge is 0.200 e. The molecule has 0 bridgehead atoms. The van der Waals surface area contributed by atoms with Crippen LogP contribution in [0.3, 0.4) is 0 Å². The van der Waals surface area contributed by atoms with E-state index in [9.17, 15) is 0 Å². The maximum atomic E-state index is 5.59. The third-order valence-electron chi connectivity index (χ3n) is 1.76. The monoisotopic (exact) mass is 178 g/mol. The van der Waals surface area contributed by atoms with Crippen molar-refractivity contribution in [2.24, 2.45) is 0 Å². The Balaban J connectivity index is 2.19. The molecule has 0 aliphatic rings. The third-order valence-corrected chi connectivity index (χ3v) is 1.76. The van der Waals surface area contributed by atoms with Crippen molar-refractivity contribution in [1.29, 1.82) is 0 Å². The van der Waals surface area contributed by atoms with E-state index in [0.29, 0.717) is 12.5 Å². The van der Waals surface area contributed by atoms with Crippen LogP contribution in [0, 0.1) is 6.92 Å². The topological polar surface area (TPSA) is 69.9 Å². The first kappa shape index (κ1) is 7.85. The number of hydrogen-bond donors (Lipinski definition) is 1. The van der Waals surface area contributed by atoms with Gasteiger partial charge in [0, 0.05) is 18.5 Å². The summed E-state index contributed by atoms with van der Waals surface area (Å²) in [6.45, 7) is 2.46. The van der Waals surface area contributed by atoms with Gasteiger partial charge in [0.2, 0.25) is 0 Å². The summed E-state index contributed by atoms with van der Waals surface area (Å²) in [6, 6.07) is 1.87. The average molecular weight is 178 g/mol. The second-order valence-electron chi connectivity index (χ2n) is 2.84. The predicted octanol–water partition coefficient (Wildman–Crippen LogP) is 0.810. The molecule has 0 unspecified atom stereocenters. The van der Waals surface area contributed by atoms with Gasteiger partial charge in [-0.05, 0) is 6.92 Å². The van der Waals surface area contributed by atoms with Crippen LogP contribution in [-0.2, 0) is 6.54 Å². The van der Waals surface area contributed by atoms with E-state index >= 15 is 0 Å². The predicted molar refractivity (Wildman–Crippen MR) is 47.0 cm³/mol. The van der Waals surface area contributed by atoms with Crippen molar-refractivity contribution in [2.45, 2.75) is 13.5 Å². The van der Waals surface area contributed by atoms with Crippen molar-refractivity contribution in [1.82, 2.24) is 14.7 Å². The molecule has 2 aromatic heterocycles. The van der Waals surface area contributed by atoms with E-state index in [1.807, 2.05) is 13.0 Å². The van der Waals surface area contributed by atoms with E-state index in [-0.39, 0.29) is 0 Å². The van der Waals surface area contributed by atoms with Gasteiger partial charge >= 0.3 is 0 Å². The number of aryl methyl sites for hydroxylation is 1. The highest BCUT2D eigenvalue weighted by Gasteiger charge is 2.03. The highest BCUT2D eigenvalue weighted by Crippen LogP contribution is 2.06. The Morgan fingerprint density at radius 1 is 1.62 bits per heavy atom. The summed E-state index contributed by atoms with van der Waals surface area (Å²) in [5, 5.41) is 3.85. The Morgan fingerprint density at radius 3 is 3.00 bits per heavy atom. The number of nitrogen functional groups attached to an aromatic ring is 1. The summed E-state index contributed by atoms with van der Waals surface area (Å²) in [6.07, 6.45) is 3.46. The summed E-state index contributed by atoms with van der Waals surface area (Å²) >= 11 is 0. The van der Waals surface area contributed by atoms with E-state index in [0.717, 1.165) is 11.5 Å². The van der Waals surface area contributed by atoms with Gasteiger partial charge in [0.05, 0.1) is 6.54 Å². The van der Waals surface area contributed by atoms with Crippen LogP contribution in [0.15, 0.2) is 23.0 Å². The molecule has 2 aromatic rings. The summed E-state index contributed by atoms with van der Waals surface area (Å²) in [4.78, 5) is 3.90. The van der Waals surface area contributed by atoms with Gasteiger partial charge in [0.1, 0.15) is 11.5 Å². The molecule has 0 radical (unpaired) electrons. The zero-order valence-electron chi connectivity index (χ0n) is 7.27. The first-order valence-electron chi connectivity index (χ1n) is 3.94. The van der Waals surface area contributed by atoms with Gasteiger partial charge in [-0.1, -0.05) is 5.16 Å². The molecule has 68 valence electrons. The molecule has 2 N–H and O–H groups in total. The van der Waals surface area contributed by atoms with E-state index in [1.54, 1.807) is 17.0 Å². The first-order valence-corrected chi connectivity index (χ1v) is 3.94. The molecule has 5 nitrogen and oxygen atoms in total. The van der Waals surface area contributed by atoms with Crippen LogP contribution in [-0.4, -0.2) is 14.7 Å². The van der Waals surface area contributed by atoms with E-state index in [1.165, 1.54) is 0 Å². The molecule has 0 aliphatic carbocycles. The molecule has 5 heteroatoms. The molecule has 0 aliphatic heterocycles. The van der Waals surface area contributed by atoms with Crippen LogP contribution in [0.25, 0.3) is 0 Å². The minimum absolute atomic E-state index is 0.487. The minimum Gasteiger partial charge on any atom is -0.369 e. The molecule has 0 atom stereocenters. The lowest BCUT2D eigenvalue weighted by atomic mass is 10.4. The SMILES string of the molecule is Cc1cc(Cn2ccnc2N)no1. The lowest BCUT2D eigenvalue weighted by molar-refractivity contribution is 0.389. The quantitative estimate of drug-likeness (QED) is 0.738. The molecular formula is C8H10N4O. The number of hydrogen-bond acceptors (Lipinski definition) is 4. The standard InChI is InChI=1S/C8H10N4O/c1-6-4-7(11-13-6)5-12-3-2-10-8(12)9/h2-4H,5H2,1H3,(H2,9,10). The number of rotatable bonds is 2. The van der Waals surface area contributed by atoms with Crippen molar-refractivity contribution in [2.75, 3.05) is 5.73 Å². The molecule has 2 heterocycles. The van der Waals surface area contributed by atoms with Gasteiger partial charge in [0.15, 0.2) is 5.95 Å². The Morgan fingerprint density at radius 2 is 2.46 bits per heavy atom. The van der Waals surface area contributed by atoms with Crippen LogP contribution in [0.2, 0.25) is 0 Å². The molecule has 0 saturated heterocycles. The van der Waals surface area contributed by atoms with Gasteiger partial charge in [0.25, 0.3) is 0 Å². The molecule has 0 saturated carbocycles. The van der Waals surface area contributed by atoms with Crippen LogP contribution < -0.4 is 5.73 Å². The van der Waals surface area contributed by atoms with Gasteiger partial charge in [-0.3, -0.25) is 0 Å². The van der Waals surface area contributed by atoms with Gasteiger partial charge < -0.3 is 14.8 Å². The lowest BCUT2D eigenvalue weighted by Gasteiger charge is -1.99. The van der Waals surface area contributed by atoms with Crippen molar-refractivity contribution >= 4 is 5.95 Å². The Kier molecular flexibility index (Phi) is 1.77. The molecule has 0 aromatic carbocycles.